The van der Waals surface area contributed by atoms with Gasteiger partial charge in [0.15, 0.2) is 0 Å². The second-order valence-corrected chi connectivity index (χ2v) is 4.21. The van der Waals surface area contributed by atoms with Crippen molar-refractivity contribution in [2.24, 2.45) is 5.84 Å². The van der Waals surface area contributed by atoms with Crippen LogP contribution < -0.4 is 16.6 Å². The van der Waals surface area contributed by atoms with Crippen molar-refractivity contribution in [3.63, 3.8) is 0 Å². The molecular formula is C12H13ClFN5. The Hall–Kier alpha value is -1.92. The van der Waals surface area contributed by atoms with Crippen LogP contribution in [0.1, 0.15) is 12.5 Å². The molecule has 2 aromatic rings. The van der Waals surface area contributed by atoms with E-state index in [-0.39, 0.29) is 5.02 Å². The summed E-state index contributed by atoms with van der Waals surface area (Å²) in [5.41, 5.74) is 3.88. The summed E-state index contributed by atoms with van der Waals surface area (Å²) in [7, 11) is 0. The molecule has 0 saturated heterocycles. The zero-order valence-electron chi connectivity index (χ0n) is 10.2. The van der Waals surface area contributed by atoms with Gasteiger partial charge in [-0.25, -0.2) is 20.2 Å². The van der Waals surface area contributed by atoms with E-state index in [0.29, 0.717) is 23.7 Å². The number of nitrogens with zero attached hydrogens (tertiary/aromatic N) is 2. The molecule has 2 rings (SSSR count). The van der Waals surface area contributed by atoms with E-state index >= 15 is 0 Å². The molecule has 1 aromatic heterocycles. The van der Waals surface area contributed by atoms with Gasteiger partial charge in [0, 0.05) is 11.3 Å². The van der Waals surface area contributed by atoms with Gasteiger partial charge in [-0.1, -0.05) is 18.5 Å². The van der Waals surface area contributed by atoms with Crippen LogP contribution in [0.15, 0.2) is 24.5 Å². The van der Waals surface area contributed by atoms with Gasteiger partial charge < -0.3 is 10.7 Å². The van der Waals surface area contributed by atoms with Crippen molar-refractivity contribution in [1.29, 1.82) is 0 Å². The van der Waals surface area contributed by atoms with Crippen molar-refractivity contribution in [1.82, 2.24) is 9.97 Å². The summed E-state index contributed by atoms with van der Waals surface area (Å²) >= 11 is 5.63. The maximum absolute atomic E-state index is 13.4. The number of nitrogen functional groups attached to an aromatic ring is 1. The number of hydrogen-bond acceptors (Lipinski definition) is 5. The van der Waals surface area contributed by atoms with E-state index in [2.05, 4.69) is 20.7 Å². The number of halogens is 2. The average Bonchev–Trinajstić information content (AvgIpc) is 2.42. The number of nitrogens with two attached hydrogens (primary N) is 1. The van der Waals surface area contributed by atoms with E-state index in [1.807, 2.05) is 6.92 Å². The standard InChI is InChI=1S/C12H13ClFN5/c1-2-8-11(16-6-17-12(8)19-15)18-7-3-4-9(13)10(14)5-7/h3-6H,2,15H2,1H3,(H2,16,17,18,19). The minimum atomic E-state index is -0.490. The van der Waals surface area contributed by atoms with E-state index < -0.39 is 5.82 Å². The first-order valence-electron chi connectivity index (χ1n) is 5.68. The molecule has 0 bridgehead atoms. The molecular weight excluding hydrogens is 269 g/mol. The fourth-order valence-corrected chi connectivity index (χ4v) is 1.81. The molecule has 0 aliphatic heterocycles. The van der Waals surface area contributed by atoms with Gasteiger partial charge in [-0.2, -0.15) is 0 Å². The average molecular weight is 282 g/mol. The van der Waals surface area contributed by atoms with Crippen LogP contribution in [0.25, 0.3) is 0 Å². The molecule has 0 amide bonds. The Morgan fingerprint density at radius 1 is 1.32 bits per heavy atom. The van der Waals surface area contributed by atoms with Gasteiger partial charge in [0.2, 0.25) is 0 Å². The lowest BCUT2D eigenvalue weighted by atomic mass is 10.2. The van der Waals surface area contributed by atoms with E-state index in [4.69, 9.17) is 17.4 Å². The zero-order valence-corrected chi connectivity index (χ0v) is 11.0. The Morgan fingerprint density at radius 2 is 2.05 bits per heavy atom. The minimum absolute atomic E-state index is 0.0771. The molecule has 0 aliphatic rings. The maximum atomic E-state index is 13.4. The van der Waals surface area contributed by atoms with Crippen LogP contribution in [0.4, 0.5) is 21.7 Å². The molecule has 4 N–H and O–H groups in total. The first-order chi connectivity index (χ1) is 9.15. The fourth-order valence-electron chi connectivity index (χ4n) is 1.69. The van der Waals surface area contributed by atoms with Crippen LogP contribution in [0.2, 0.25) is 5.02 Å². The van der Waals surface area contributed by atoms with Gasteiger partial charge in [-0.15, -0.1) is 0 Å². The summed E-state index contributed by atoms with van der Waals surface area (Å²) < 4.78 is 13.4. The van der Waals surface area contributed by atoms with Crippen LogP contribution >= 0.6 is 11.6 Å². The second kappa shape index (κ2) is 5.81. The number of aromatic nitrogens is 2. The number of nitrogens with one attached hydrogen (secondary N) is 2. The van der Waals surface area contributed by atoms with Crippen molar-refractivity contribution < 1.29 is 4.39 Å². The molecule has 0 atom stereocenters. The fraction of sp³-hybridized carbons (Fsp3) is 0.167. The molecule has 5 nitrogen and oxygen atoms in total. The van der Waals surface area contributed by atoms with Crippen molar-refractivity contribution in [3.05, 3.63) is 40.9 Å². The molecule has 1 heterocycles. The molecule has 0 saturated carbocycles. The van der Waals surface area contributed by atoms with Crippen molar-refractivity contribution >= 4 is 28.9 Å². The third-order valence-corrected chi connectivity index (χ3v) is 2.92. The lowest BCUT2D eigenvalue weighted by Gasteiger charge is -2.12. The van der Waals surface area contributed by atoms with Crippen molar-refractivity contribution in [2.45, 2.75) is 13.3 Å². The van der Waals surface area contributed by atoms with Gasteiger partial charge in [-0.3, -0.25) is 0 Å². The Bertz CT molecular complexity index is 590. The molecule has 19 heavy (non-hydrogen) atoms. The normalized spacial score (nSPS) is 10.3. The maximum Gasteiger partial charge on any atom is 0.148 e. The summed E-state index contributed by atoms with van der Waals surface area (Å²) in [5.74, 6) is 6.01. The summed E-state index contributed by atoms with van der Waals surface area (Å²) in [5, 5.41) is 3.10. The number of anilines is 3. The smallest absolute Gasteiger partial charge is 0.148 e. The predicted octanol–water partition coefficient (Wildman–Crippen LogP) is 2.86. The van der Waals surface area contributed by atoms with Gasteiger partial charge in [0.1, 0.15) is 23.8 Å². The highest BCUT2D eigenvalue weighted by molar-refractivity contribution is 6.30. The van der Waals surface area contributed by atoms with Gasteiger partial charge in [-0.05, 0) is 24.6 Å². The summed E-state index contributed by atoms with van der Waals surface area (Å²) in [6.07, 6.45) is 2.06. The Kier molecular flexibility index (Phi) is 4.13. The highest BCUT2D eigenvalue weighted by atomic mass is 35.5. The molecule has 0 spiro atoms. The van der Waals surface area contributed by atoms with Gasteiger partial charge in [0.05, 0.1) is 5.02 Å². The molecule has 1 aromatic carbocycles. The molecule has 100 valence electrons. The summed E-state index contributed by atoms with van der Waals surface area (Å²) in [4.78, 5) is 8.15. The van der Waals surface area contributed by atoms with Crippen LogP contribution in [-0.2, 0) is 6.42 Å². The first kappa shape index (κ1) is 13.5. The predicted molar refractivity (Wildman–Crippen MR) is 73.9 cm³/mol. The van der Waals surface area contributed by atoms with Crippen molar-refractivity contribution in [2.75, 3.05) is 10.7 Å². The Labute approximate surface area is 115 Å². The topological polar surface area (TPSA) is 75.9 Å². The molecule has 0 fully saturated rings. The number of hydrogen-bond donors (Lipinski definition) is 3. The highest BCUT2D eigenvalue weighted by Crippen LogP contribution is 2.25. The third kappa shape index (κ3) is 2.91. The lowest BCUT2D eigenvalue weighted by Crippen LogP contribution is -2.13. The van der Waals surface area contributed by atoms with Crippen molar-refractivity contribution in [3.8, 4) is 0 Å². The summed E-state index contributed by atoms with van der Waals surface area (Å²) in [6.45, 7) is 1.95. The van der Waals surface area contributed by atoms with Gasteiger partial charge in [0.25, 0.3) is 0 Å². The van der Waals surface area contributed by atoms with E-state index in [1.54, 1.807) is 6.07 Å². The SMILES string of the molecule is CCc1c(NN)ncnc1Nc1ccc(Cl)c(F)c1. The Morgan fingerprint density at radius 3 is 2.68 bits per heavy atom. The van der Waals surface area contributed by atoms with E-state index in [9.17, 15) is 4.39 Å². The molecule has 0 radical (unpaired) electrons. The monoisotopic (exact) mass is 281 g/mol. The van der Waals surface area contributed by atoms with E-state index in [0.717, 1.165) is 5.56 Å². The van der Waals surface area contributed by atoms with Crippen LogP contribution in [0.3, 0.4) is 0 Å². The largest absolute Gasteiger partial charge is 0.340 e. The van der Waals surface area contributed by atoms with Gasteiger partial charge >= 0.3 is 0 Å². The zero-order chi connectivity index (χ0) is 13.8. The molecule has 0 unspecified atom stereocenters. The minimum Gasteiger partial charge on any atom is -0.340 e. The highest BCUT2D eigenvalue weighted by Gasteiger charge is 2.10. The lowest BCUT2D eigenvalue weighted by molar-refractivity contribution is 0.629. The van der Waals surface area contributed by atoms with E-state index in [1.165, 1.54) is 18.5 Å². The second-order valence-electron chi connectivity index (χ2n) is 3.80. The quantitative estimate of drug-likeness (QED) is 0.593. The number of benzene rings is 1. The third-order valence-electron chi connectivity index (χ3n) is 2.62. The summed E-state index contributed by atoms with van der Waals surface area (Å²) in [6, 6.07) is 4.45. The van der Waals surface area contributed by atoms with Crippen LogP contribution in [0.5, 0.6) is 0 Å². The first-order valence-corrected chi connectivity index (χ1v) is 6.06. The number of rotatable bonds is 4. The molecule has 0 aliphatic carbocycles. The van der Waals surface area contributed by atoms with Crippen LogP contribution in [-0.4, -0.2) is 9.97 Å². The van der Waals surface area contributed by atoms with Crippen LogP contribution in [0, 0.1) is 5.82 Å². The molecule has 7 heteroatoms. The Balaban J connectivity index is 2.35. The number of hydrazine groups is 1.